The van der Waals surface area contributed by atoms with E-state index in [0.717, 1.165) is 27.8 Å². The van der Waals surface area contributed by atoms with Crippen LogP contribution >= 0.6 is 11.3 Å². The first-order valence-corrected chi connectivity index (χ1v) is 11.2. The predicted molar refractivity (Wildman–Crippen MR) is 126 cm³/mol. The first-order valence-electron chi connectivity index (χ1n) is 10.4. The number of hydrogen-bond donors (Lipinski definition) is 1. The molecule has 0 fully saturated rings. The van der Waals surface area contributed by atoms with Gasteiger partial charge in [0.25, 0.3) is 5.91 Å². The van der Waals surface area contributed by atoms with E-state index in [1.165, 1.54) is 40.6 Å². The molecule has 1 amide bonds. The fourth-order valence-corrected chi connectivity index (χ4v) is 5.34. The Kier molecular flexibility index (Phi) is 5.17. The van der Waals surface area contributed by atoms with Gasteiger partial charge in [-0.3, -0.25) is 4.79 Å². The number of nitrogens with two attached hydrogens (primary N) is 1. The average Bonchev–Trinajstić information content (AvgIpc) is 3.36. The summed E-state index contributed by atoms with van der Waals surface area (Å²) in [7, 11) is 0. The molecule has 3 heterocycles. The zero-order valence-electron chi connectivity index (χ0n) is 18.0. The molecule has 0 saturated carbocycles. The number of pyridine rings is 1. The van der Waals surface area contributed by atoms with Gasteiger partial charge in [0.05, 0.1) is 17.4 Å². The maximum atomic E-state index is 13.7. The lowest BCUT2D eigenvalue weighted by Gasteiger charge is -2.21. The Balaban J connectivity index is 1.60. The average molecular weight is 463 g/mol. The molecule has 0 bridgehead atoms. The van der Waals surface area contributed by atoms with Gasteiger partial charge in [-0.15, -0.1) is 11.3 Å². The number of rotatable bonds is 3. The number of nitrogen functional groups attached to an aromatic ring is 1. The van der Waals surface area contributed by atoms with Crippen molar-refractivity contribution in [3.05, 3.63) is 93.5 Å². The largest absolute Gasteiger partial charge is 0.397 e. The lowest BCUT2D eigenvalue weighted by atomic mass is 9.98. The highest BCUT2D eigenvalue weighted by Gasteiger charge is 2.35. The first kappa shape index (κ1) is 21.2. The highest BCUT2D eigenvalue weighted by molar-refractivity contribution is 7.21. The van der Waals surface area contributed by atoms with E-state index >= 15 is 0 Å². The van der Waals surface area contributed by atoms with Crippen LogP contribution in [0.15, 0.2) is 59.7 Å². The van der Waals surface area contributed by atoms with Crippen LogP contribution in [-0.4, -0.2) is 21.6 Å². The van der Waals surface area contributed by atoms with Gasteiger partial charge in [0, 0.05) is 17.5 Å². The third kappa shape index (κ3) is 3.76. The molecule has 5 nitrogen and oxygen atoms in total. The molecule has 0 saturated heterocycles. The molecule has 0 unspecified atom stereocenters. The van der Waals surface area contributed by atoms with E-state index < -0.39 is 6.04 Å². The number of fused-ring (bicyclic) bond motifs is 1. The minimum Gasteiger partial charge on any atom is -0.397 e. The molecule has 2 aromatic carbocycles. The molecule has 1 aliphatic heterocycles. The fraction of sp³-hybridized carbons (Fsp3) is 0.160. The zero-order chi connectivity index (χ0) is 23.3. The minimum atomic E-state index is -0.446. The van der Waals surface area contributed by atoms with Crippen molar-refractivity contribution in [1.82, 2.24) is 9.99 Å². The zero-order valence-corrected chi connectivity index (χ0v) is 18.8. The molecule has 5 rings (SSSR count). The number of carbonyl (C=O) groups excluding carboxylic acids is 1. The summed E-state index contributed by atoms with van der Waals surface area (Å²) in [5, 5.41) is 6.78. The standard InChI is InChI=1S/C25H20F2N4OS/c1-13-11-14(2)29-24-21(13)22(28)23(33-24)25(32)31-20(16-5-9-18(27)10-6-16)12-19(30-31)15-3-7-17(26)8-4-15/h3-11,20H,12,28H2,1-2H3/t20-/m0/s1. The van der Waals surface area contributed by atoms with E-state index in [9.17, 15) is 13.6 Å². The number of thiophene rings is 1. The molecule has 4 aromatic rings. The normalized spacial score (nSPS) is 15.8. The number of anilines is 1. The Labute approximate surface area is 193 Å². The molecule has 2 aromatic heterocycles. The maximum Gasteiger partial charge on any atom is 0.286 e. The molecule has 2 N–H and O–H groups in total. The van der Waals surface area contributed by atoms with E-state index in [-0.39, 0.29) is 17.5 Å². The van der Waals surface area contributed by atoms with Gasteiger partial charge < -0.3 is 5.73 Å². The minimum absolute atomic E-state index is 0.348. The SMILES string of the molecule is Cc1cc(C)c2c(N)c(C(=O)N3N=C(c4ccc(F)cc4)C[C@H]3c3ccc(F)cc3)sc2n1. The second kappa shape index (κ2) is 8.04. The Morgan fingerprint density at radius 3 is 2.36 bits per heavy atom. The van der Waals surface area contributed by atoms with Gasteiger partial charge in [0.2, 0.25) is 0 Å². The monoisotopic (exact) mass is 462 g/mol. The van der Waals surface area contributed by atoms with Gasteiger partial charge >= 0.3 is 0 Å². The topological polar surface area (TPSA) is 71.6 Å². The van der Waals surface area contributed by atoms with Crippen molar-refractivity contribution in [1.29, 1.82) is 0 Å². The molecule has 0 aliphatic carbocycles. The van der Waals surface area contributed by atoms with Gasteiger partial charge in [-0.2, -0.15) is 5.10 Å². The van der Waals surface area contributed by atoms with Crippen molar-refractivity contribution in [2.75, 3.05) is 5.73 Å². The van der Waals surface area contributed by atoms with Crippen LogP contribution in [0.5, 0.6) is 0 Å². The van der Waals surface area contributed by atoms with Crippen molar-refractivity contribution in [2.45, 2.75) is 26.3 Å². The molecule has 0 radical (unpaired) electrons. The van der Waals surface area contributed by atoms with Crippen LogP contribution in [0.2, 0.25) is 0 Å². The van der Waals surface area contributed by atoms with E-state index in [1.807, 2.05) is 19.9 Å². The van der Waals surface area contributed by atoms with Crippen LogP contribution in [0, 0.1) is 25.5 Å². The number of aryl methyl sites for hydroxylation is 2. The van der Waals surface area contributed by atoms with Crippen molar-refractivity contribution >= 4 is 38.9 Å². The second-order valence-electron chi connectivity index (χ2n) is 8.08. The van der Waals surface area contributed by atoms with Crippen LogP contribution in [0.4, 0.5) is 14.5 Å². The van der Waals surface area contributed by atoms with Crippen molar-refractivity contribution in [3.8, 4) is 0 Å². The first-order chi connectivity index (χ1) is 15.8. The molecular formula is C25H20F2N4OS. The maximum absolute atomic E-state index is 13.7. The quantitative estimate of drug-likeness (QED) is 0.420. The number of carbonyl (C=O) groups is 1. The summed E-state index contributed by atoms with van der Waals surface area (Å²) in [6, 6.07) is 13.5. The van der Waals surface area contributed by atoms with Crippen LogP contribution < -0.4 is 5.73 Å². The highest BCUT2D eigenvalue weighted by atomic mass is 32.1. The van der Waals surface area contributed by atoms with Crippen LogP contribution in [-0.2, 0) is 0 Å². The molecule has 1 aliphatic rings. The van der Waals surface area contributed by atoms with E-state index in [1.54, 1.807) is 24.3 Å². The third-order valence-corrected chi connectivity index (χ3v) is 6.86. The van der Waals surface area contributed by atoms with Crippen LogP contribution in [0.25, 0.3) is 10.2 Å². The Bertz CT molecular complexity index is 1410. The van der Waals surface area contributed by atoms with Gasteiger partial charge in [-0.1, -0.05) is 24.3 Å². The number of benzene rings is 2. The number of nitrogens with zero attached hydrogens (tertiary/aromatic N) is 3. The molecule has 166 valence electrons. The number of hydrogen-bond acceptors (Lipinski definition) is 5. The summed E-state index contributed by atoms with van der Waals surface area (Å²) in [6.07, 6.45) is 0.407. The van der Waals surface area contributed by atoms with Crippen LogP contribution in [0.3, 0.4) is 0 Å². The van der Waals surface area contributed by atoms with E-state index in [0.29, 0.717) is 27.5 Å². The summed E-state index contributed by atoms with van der Waals surface area (Å²) < 4.78 is 27.0. The van der Waals surface area contributed by atoms with Crippen molar-refractivity contribution in [2.24, 2.45) is 5.10 Å². The Morgan fingerprint density at radius 2 is 1.70 bits per heavy atom. The van der Waals surface area contributed by atoms with E-state index in [2.05, 4.69) is 10.1 Å². The predicted octanol–water partition coefficient (Wildman–Crippen LogP) is 5.77. The highest BCUT2D eigenvalue weighted by Crippen LogP contribution is 2.40. The molecule has 1 atom stereocenters. The number of aromatic nitrogens is 1. The lowest BCUT2D eigenvalue weighted by Crippen LogP contribution is -2.27. The smallest absolute Gasteiger partial charge is 0.286 e. The summed E-state index contributed by atoms with van der Waals surface area (Å²) in [4.78, 5) is 19.3. The summed E-state index contributed by atoms with van der Waals surface area (Å²) in [5.74, 6) is -1.06. The van der Waals surface area contributed by atoms with E-state index in [4.69, 9.17) is 5.73 Å². The van der Waals surface area contributed by atoms with Gasteiger partial charge in [-0.25, -0.2) is 18.8 Å². The molecular weight excluding hydrogens is 442 g/mol. The van der Waals surface area contributed by atoms with Gasteiger partial charge in [0.15, 0.2) is 0 Å². The molecule has 33 heavy (non-hydrogen) atoms. The number of hydrazone groups is 1. The van der Waals surface area contributed by atoms with Gasteiger partial charge in [0.1, 0.15) is 21.3 Å². The summed E-state index contributed by atoms with van der Waals surface area (Å²) >= 11 is 1.24. The summed E-state index contributed by atoms with van der Waals surface area (Å²) in [5.41, 5.74) is 10.7. The Morgan fingerprint density at radius 1 is 1.06 bits per heavy atom. The fourth-order valence-electron chi connectivity index (χ4n) is 4.19. The number of halogens is 2. The molecule has 8 heteroatoms. The van der Waals surface area contributed by atoms with Crippen molar-refractivity contribution < 1.29 is 13.6 Å². The van der Waals surface area contributed by atoms with Crippen LogP contribution in [0.1, 0.15) is 44.5 Å². The Hall–Kier alpha value is -3.65. The van der Waals surface area contributed by atoms with Gasteiger partial charge in [-0.05, 0) is 60.9 Å². The summed E-state index contributed by atoms with van der Waals surface area (Å²) in [6.45, 7) is 3.84. The lowest BCUT2D eigenvalue weighted by molar-refractivity contribution is 0.0717. The number of amides is 1. The second-order valence-corrected chi connectivity index (χ2v) is 9.08. The van der Waals surface area contributed by atoms with Crippen molar-refractivity contribution in [3.63, 3.8) is 0 Å². The molecule has 0 spiro atoms. The third-order valence-electron chi connectivity index (χ3n) is 5.77.